The van der Waals surface area contributed by atoms with Gasteiger partial charge in [-0.25, -0.2) is 4.98 Å². The predicted molar refractivity (Wildman–Crippen MR) is 79.4 cm³/mol. The summed E-state index contributed by atoms with van der Waals surface area (Å²) in [5, 5.41) is 0. The van der Waals surface area contributed by atoms with E-state index < -0.39 is 0 Å². The highest BCUT2D eigenvalue weighted by molar-refractivity contribution is 5.82. The van der Waals surface area contributed by atoms with Crippen molar-refractivity contribution in [1.82, 2.24) is 9.97 Å². The van der Waals surface area contributed by atoms with Crippen LogP contribution in [-0.2, 0) is 0 Å². The molecule has 3 aromatic rings. The summed E-state index contributed by atoms with van der Waals surface area (Å²) in [5.74, 6) is 2.31. The second kappa shape index (κ2) is 4.89. The zero-order chi connectivity index (χ0) is 14.1. The summed E-state index contributed by atoms with van der Waals surface area (Å²) in [6, 6.07) is 11.8. The first kappa shape index (κ1) is 12.5. The number of aromatic amines is 1. The second-order valence-electron chi connectivity index (χ2n) is 4.66. The molecule has 4 heteroatoms. The van der Waals surface area contributed by atoms with Crippen LogP contribution in [0.1, 0.15) is 5.56 Å². The molecule has 1 aromatic heterocycles. The fourth-order valence-corrected chi connectivity index (χ4v) is 2.26. The van der Waals surface area contributed by atoms with Crippen LogP contribution in [0.4, 0.5) is 0 Å². The molecule has 2 aromatic carbocycles. The highest BCUT2D eigenvalue weighted by Crippen LogP contribution is 2.29. The molecule has 0 spiro atoms. The third kappa shape index (κ3) is 2.09. The molecule has 0 aliphatic carbocycles. The highest BCUT2D eigenvalue weighted by Gasteiger charge is 2.09. The summed E-state index contributed by atoms with van der Waals surface area (Å²) in [6.07, 6.45) is 0. The van der Waals surface area contributed by atoms with E-state index in [0.29, 0.717) is 0 Å². The van der Waals surface area contributed by atoms with E-state index in [0.717, 1.165) is 39.5 Å². The number of hydrogen-bond donors (Lipinski definition) is 1. The molecule has 1 heterocycles. The Hall–Kier alpha value is -2.49. The number of fused-ring (bicyclic) bond motifs is 1. The summed E-state index contributed by atoms with van der Waals surface area (Å²) in [6.45, 7) is 2.05. The normalized spacial score (nSPS) is 10.8. The highest BCUT2D eigenvalue weighted by atomic mass is 16.5. The minimum Gasteiger partial charge on any atom is -0.497 e. The summed E-state index contributed by atoms with van der Waals surface area (Å²) in [4.78, 5) is 8.00. The summed E-state index contributed by atoms with van der Waals surface area (Å²) < 4.78 is 10.6. The van der Waals surface area contributed by atoms with Crippen molar-refractivity contribution in [2.75, 3.05) is 14.2 Å². The predicted octanol–water partition coefficient (Wildman–Crippen LogP) is 3.56. The Bertz CT molecular complexity index is 740. The lowest BCUT2D eigenvalue weighted by Crippen LogP contribution is -1.89. The Balaban J connectivity index is 2.17. The third-order valence-electron chi connectivity index (χ3n) is 3.34. The molecule has 4 nitrogen and oxygen atoms in total. The maximum Gasteiger partial charge on any atom is 0.138 e. The van der Waals surface area contributed by atoms with E-state index >= 15 is 0 Å². The molecule has 0 unspecified atom stereocenters. The Morgan fingerprint density at radius 3 is 2.30 bits per heavy atom. The minimum absolute atomic E-state index is 0.747. The van der Waals surface area contributed by atoms with Crippen LogP contribution in [-0.4, -0.2) is 24.2 Å². The fraction of sp³-hybridized carbons (Fsp3) is 0.188. The number of methoxy groups -OCH3 is 2. The first-order valence-corrected chi connectivity index (χ1v) is 6.40. The number of rotatable bonds is 3. The molecule has 102 valence electrons. The van der Waals surface area contributed by atoms with Crippen molar-refractivity contribution in [3.63, 3.8) is 0 Å². The lowest BCUT2D eigenvalue weighted by atomic mass is 10.2. The first-order chi connectivity index (χ1) is 9.71. The van der Waals surface area contributed by atoms with E-state index in [1.807, 2.05) is 30.3 Å². The lowest BCUT2D eigenvalue weighted by Gasteiger charge is -2.06. The van der Waals surface area contributed by atoms with E-state index in [4.69, 9.17) is 9.47 Å². The minimum atomic E-state index is 0.747. The maximum absolute atomic E-state index is 5.29. The summed E-state index contributed by atoms with van der Waals surface area (Å²) in [5.41, 5.74) is 4.11. The van der Waals surface area contributed by atoms with Gasteiger partial charge in [0.2, 0.25) is 0 Å². The van der Waals surface area contributed by atoms with Gasteiger partial charge in [0.05, 0.1) is 25.3 Å². The Kier molecular flexibility index (Phi) is 3.06. The van der Waals surface area contributed by atoms with Gasteiger partial charge in [0.25, 0.3) is 0 Å². The largest absolute Gasteiger partial charge is 0.497 e. The van der Waals surface area contributed by atoms with Gasteiger partial charge in [-0.3, -0.25) is 0 Å². The number of para-hydroxylation sites is 1. The number of aromatic nitrogens is 2. The Morgan fingerprint density at radius 1 is 1.00 bits per heavy atom. The zero-order valence-electron chi connectivity index (χ0n) is 11.7. The average Bonchev–Trinajstić information content (AvgIpc) is 2.92. The van der Waals surface area contributed by atoms with E-state index in [9.17, 15) is 0 Å². The molecule has 1 N–H and O–H groups in total. The first-order valence-electron chi connectivity index (χ1n) is 6.40. The van der Waals surface area contributed by atoms with Crippen molar-refractivity contribution < 1.29 is 9.47 Å². The van der Waals surface area contributed by atoms with Crippen molar-refractivity contribution in [2.45, 2.75) is 6.92 Å². The van der Waals surface area contributed by atoms with Crippen LogP contribution in [0.3, 0.4) is 0 Å². The monoisotopic (exact) mass is 268 g/mol. The van der Waals surface area contributed by atoms with E-state index in [1.165, 1.54) is 0 Å². The van der Waals surface area contributed by atoms with Crippen LogP contribution in [0.15, 0.2) is 36.4 Å². The van der Waals surface area contributed by atoms with Crippen molar-refractivity contribution >= 4 is 11.0 Å². The number of hydrogen-bond acceptors (Lipinski definition) is 3. The van der Waals surface area contributed by atoms with E-state index in [1.54, 1.807) is 14.2 Å². The smallest absolute Gasteiger partial charge is 0.138 e. The van der Waals surface area contributed by atoms with Gasteiger partial charge in [0.1, 0.15) is 17.3 Å². The standard InChI is InChI=1S/C16H16N2O2/c1-10-5-4-6-14-15(10)18-16(17-14)11-7-12(19-2)9-13(8-11)20-3/h4-9H,1-3H3,(H,17,18). The molecule has 0 fully saturated rings. The van der Waals surface area contributed by atoms with E-state index in [-0.39, 0.29) is 0 Å². The number of imidazole rings is 1. The van der Waals surface area contributed by atoms with Crippen molar-refractivity contribution in [3.8, 4) is 22.9 Å². The number of benzene rings is 2. The van der Waals surface area contributed by atoms with Gasteiger partial charge >= 0.3 is 0 Å². The average molecular weight is 268 g/mol. The third-order valence-corrected chi connectivity index (χ3v) is 3.34. The van der Waals surface area contributed by atoms with Gasteiger partial charge < -0.3 is 14.5 Å². The van der Waals surface area contributed by atoms with Crippen LogP contribution >= 0.6 is 0 Å². The number of nitrogens with one attached hydrogen (secondary N) is 1. The van der Waals surface area contributed by atoms with Crippen molar-refractivity contribution in [2.24, 2.45) is 0 Å². The SMILES string of the molecule is COc1cc(OC)cc(-c2nc3c(C)cccc3[nH]2)c1. The Morgan fingerprint density at radius 2 is 1.70 bits per heavy atom. The molecular weight excluding hydrogens is 252 g/mol. The zero-order valence-corrected chi connectivity index (χ0v) is 11.7. The van der Waals surface area contributed by atoms with Gasteiger partial charge in [-0.05, 0) is 30.7 Å². The molecule has 0 aliphatic rings. The second-order valence-corrected chi connectivity index (χ2v) is 4.66. The van der Waals surface area contributed by atoms with Crippen LogP contribution in [0, 0.1) is 6.92 Å². The van der Waals surface area contributed by atoms with Gasteiger partial charge in [0.15, 0.2) is 0 Å². The number of nitrogens with zero attached hydrogens (tertiary/aromatic N) is 1. The molecule has 0 atom stereocenters. The van der Waals surface area contributed by atoms with Crippen LogP contribution in [0.5, 0.6) is 11.5 Å². The van der Waals surface area contributed by atoms with Gasteiger partial charge in [0, 0.05) is 11.6 Å². The molecule has 0 radical (unpaired) electrons. The fourth-order valence-electron chi connectivity index (χ4n) is 2.26. The molecule has 0 saturated heterocycles. The van der Waals surface area contributed by atoms with Gasteiger partial charge in [-0.2, -0.15) is 0 Å². The van der Waals surface area contributed by atoms with Crippen LogP contribution in [0.2, 0.25) is 0 Å². The van der Waals surface area contributed by atoms with Crippen LogP contribution < -0.4 is 9.47 Å². The maximum atomic E-state index is 5.29. The molecule has 0 bridgehead atoms. The van der Waals surface area contributed by atoms with Gasteiger partial charge in [-0.1, -0.05) is 12.1 Å². The lowest BCUT2D eigenvalue weighted by molar-refractivity contribution is 0.394. The number of ether oxygens (including phenoxy) is 2. The van der Waals surface area contributed by atoms with Crippen molar-refractivity contribution in [1.29, 1.82) is 0 Å². The molecule has 0 saturated carbocycles. The van der Waals surface area contributed by atoms with Crippen LogP contribution in [0.25, 0.3) is 22.4 Å². The Labute approximate surface area is 117 Å². The molecule has 0 aliphatic heterocycles. The number of H-pyrrole nitrogens is 1. The number of aryl methyl sites for hydroxylation is 1. The molecular formula is C16H16N2O2. The molecule has 3 rings (SSSR count). The van der Waals surface area contributed by atoms with E-state index in [2.05, 4.69) is 23.0 Å². The summed E-state index contributed by atoms with van der Waals surface area (Å²) in [7, 11) is 3.28. The molecule has 20 heavy (non-hydrogen) atoms. The van der Waals surface area contributed by atoms with Crippen molar-refractivity contribution in [3.05, 3.63) is 42.0 Å². The molecule has 0 amide bonds. The summed E-state index contributed by atoms with van der Waals surface area (Å²) >= 11 is 0. The van der Waals surface area contributed by atoms with Gasteiger partial charge in [-0.15, -0.1) is 0 Å². The topological polar surface area (TPSA) is 47.1 Å². The quantitative estimate of drug-likeness (QED) is 0.790.